The molecule has 1 aliphatic heterocycles. The van der Waals surface area contributed by atoms with Crippen molar-refractivity contribution in [3.63, 3.8) is 0 Å². The van der Waals surface area contributed by atoms with Crippen LogP contribution in [0.1, 0.15) is 15.9 Å². The summed E-state index contributed by atoms with van der Waals surface area (Å²) in [5.41, 5.74) is 6.94. The standard InChI is InChI=1S/C15H17ClN4OS/c16-13-7-12(14(17)21)8-18-15(13)20-4-2-19(3-5-20)9-11-1-6-22-10-11/h1,6-8,10H,2-5,9H2,(H2,17,21). The van der Waals surface area contributed by atoms with Crippen molar-refractivity contribution in [2.45, 2.75) is 6.54 Å². The van der Waals surface area contributed by atoms with E-state index >= 15 is 0 Å². The summed E-state index contributed by atoms with van der Waals surface area (Å²) in [6.45, 7) is 4.65. The van der Waals surface area contributed by atoms with E-state index in [1.54, 1.807) is 17.4 Å². The average molecular weight is 337 g/mol. The molecule has 0 saturated carbocycles. The first-order chi connectivity index (χ1) is 10.6. The van der Waals surface area contributed by atoms with Crippen LogP contribution < -0.4 is 10.6 Å². The van der Waals surface area contributed by atoms with Crippen LogP contribution in [-0.4, -0.2) is 42.0 Å². The van der Waals surface area contributed by atoms with Gasteiger partial charge in [0.1, 0.15) is 5.82 Å². The SMILES string of the molecule is NC(=O)c1cnc(N2CCN(Cc3ccsc3)CC2)c(Cl)c1. The molecule has 0 bridgehead atoms. The second kappa shape index (κ2) is 6.64. The number of thiophene rings is 1. The van der Waals surface area contributed by atoms with Gasteiger partial charge in [-0.25, -0.2) is 4.98 Å². The van der Waals surface area contributed by atoms with E-state index in [9.17, 15) is 4.79 Å². The number of amides is 1. The highest BCUT2D eigenvalue weighted by molar-refractivity contribution is 7.07. The van der Waals surface area contributed by atoms with E-state index in [0.717, 1.165) is 38.5 Å². The number of nitrogens with two attached hydrogens (primary N) is 1. The molecule has 116 valence electrons. The monoisotopic (exact) mass is 336 g/mol. The Morgan fingerprint density at radius 1 is 1.36 bits per heavy atom. The summed E-state index contributed by atoms with van der Waals surface area (Å²) >= 11 is 7.96. The number of rotatable bonds is 4. The number of pyridine rings is 1. The first kappa shape index (κ1) is 15.3. The highest BCUT2D eigenvalue weighted by atomic mass is 35.5. The third-order valence-corrected chi connectivity index (χ3v) is 4.77. The first-order valence-electron chi connectivity index (χ1n) is 7.07. The zero-order chi connectivity index (χ0) is 15.5. The van der Waals surface area contributed by atoms with Crippen molar-refractivity contribution in [3.8, 4) is 0 Å². The molecule has 5 nitrogen and oxygen atoms in total. The molecular weight excluding hydrogens is 320 g/mol. The Balaban J connectivity index is 1.62. The molecule has 0 aromatic carbocycles. The van der Waals surface area contributed by atoms with E-state index in [1.165, 1.54) is 11.8 Å². The zero-order valence-corrected chi connectivity index (χ0v) is 13.6. The quantitative estimate of drug-likeness (QED) is 0.930. The molecule has 2 aromatic heterocycles. The maximum atomic E-state index is 11.1. The third kappa shape index (κ3) is 3.40. The lowest BCUT2D eigenvalue weighted by Gasteiger charge is -2.35. The number of aromatic nitrogens is 1. The van der Waals surface area contributed by atoms with Gasteiger partial charge in [0.2, 0.25) is 5.91 Å². The second-order valence-corrected chi connectivity index (χ2v) is 6.48. The molecule has 3 heterocycles. The molecule has 1 fully saturated rings. The Morgan fingerprint density at radius 3 is 2.73 bits per heavy atom. The highest BCUT2D eigenvalue weighted by Crippen LogP contribution is 2.25. The predicted octanol–water partition coefficient (Wildman–Crippen LogP) is 2.22. The Bertz CT molecular complexity index is 654. The number of primary amides is 1. The number of hydrogen-bond donors (Lipinski definition) is 1. The minimum absolute atomic E-state index is 0.338. The molecule has 0 radical (unpaired) electrons. The van der Waals surface area contributed by atoms with Gasteiger partial charge in [0.25, 0.3) is 0 Å². The minimum Gasteiger partial charge on any atom is -0.366 e. The molecule has 2 N–H and O–H groups in total. The molecule has 2 aromatic rings. The van der Waals surface area contributed by atoms with Gasteiger partial charge in [0, 0.05) is 38.9 Å². The van der Waals surface area contributed by atoms with Crippen molar-refractivity contribution in [1.82, 2.24) is 9.88 Å². The number of nitrogens with zero attached hydrogens (tertiary/aromatic N) is 3. The molecule has 1 aliphatic rings. The van der Waals surface area contributed by atoms with Crippen LogP contribution in [0, 0.1) is 0 Å². The average Bonchev–Trinajstić information content (AvgIpc) is 3.01. The molecule has 0 aliphatic carbocycles. The predicted molar refractivity (Wildman–Crippen MR) is 89.6 cm³/mol. The summed E-state index contributed by atoms with van der Waals surface area (Å²) in [7, 11) is 0. The number of piperazine rings is 1. The lowest BCUT2D eigenvalue weighted by molar-refractivity contribution is 0.1000. The van der Waals surface area contributed by atoms with Crippen LogP contribution in [0.25, 0.3) is 0 Å². The molecule has 0 atom stereocenters. The van der Waals surface area contributed by atoms with E-state index < -0.39 is 5.91 Å². The van der Waals surface area contributed by atoms with Gasteiger partial charge >= 0.3 is 0 Å². The molecule has 22 heavy (non-hydrogen) atoms. The second-order valence-electron chi connectivity index (χ2n) is 5.29. The summed E-state index contributed by atoms with van der Waals surface area (Å²) in [5.74, 6) is 0.211. The van der Waals surface area contributed by atoms with Gasteiger partial charge in [-0.3, -0.25) is 9.69 Å². The zero-order valence-electron chi connectivity index (χ0n) is 12.0. The highest BCUT2D eigenvalue weighted by Gasteiger charge is 2.20. The van der Waals surface area contributed by atoms with Crippen LogP contribution in [0.3, 0.4) is 0 Å². The summed E-state index contributed by atoms with van der Waals surface area (Å²) in [4.78, 5) is 20.0. The fraction of sp³-hybridized carbons (Fsp3) is 0.333. The first-order valence-corrected chi connectivity index (χ1v) is 8.39. The lowest BCUT2D eigenvalue weighted by Crippen LogP contribution is -2.46. The van der Waals surface area contributed by atoms with E-state index in [2.05, 4.69) is 31.6 Å². The van der Waals surface area contributed by atoms with Crippen LogP contribution >= 0.6 is 22.9 Å². The normalized spacial score (nSPS) is 16.0. The minimum atomic E-state index is -0.512. The smallest absolute Gasteiger partial charge is 0.250 e. The topological polar surface area (TPSA) is 62.5 Å². The third-order valence-electron chi connectivity index (χ3n) is 3.76. The van der Waals surface area contributed by atoms with Crippen LogP contribution in [0.5, 0.6) is 0 Å². The van der Waals surface area contributed by atoms with Gasteiger partial charge in [0.15, 0.2) is 0 Å². The van der Waals surface area contributed by atoms with Crippen LogP contribution in [0.15, 0.2) is 29.1 Å². The largest absolute Gasteiger partial charge is 0.366 e. The number of halogens is 1. The summed E-state index contributed by atoms with van der Waals surface area (Å²) in [5, 5.41) is 4.77. The fourth-order valence-corrected chi connectivity index (χ4v) is 3.50. The molecule has 1 saturated heterocycles. The van der Waals surface area contributed by atoms with Gasteiger partial charge in [0.05, 0.1) is 10.6 Å². The van der Waals surface area contributed by atoms with Gasteiger partial charge in [-0.1, -0.05) is 11.6 Å². The van der Waals surface area contributed by atoms with E-state index in [1.807, 2.05) is 0 Å². The van der Waals surface area contributed by atoms with Gasteiger partial charge < -0.3 is 10.6 Å². The Hall–Kier alpha value is -1.63. The molecule has 1 amide bonds. The lowest BCUT2D eigenvalue weighted by atomic mass is 10.2. The van der Waals surface area contributed by atoms with Gasteiger partial charge in [-0.2, -0.15) is 11.3 Å². The van der Waals surface area contributed by atoms with Gasteiger partial charge in [-0.05, 0) is 28.5 Å². The van der Waals surface area contributed by atoms with Crippen LogP contribution in [-0.2, 0) is 6.54 Å². The molecule has 3 rings (SSSR count). The van der Waals surface area contributed by atoms with Crippen molar-refractivity contribution >= 4 is 34.7 Å². The van der Waals surface area contributed by atoms with Crippen molar-refractivity contribution in [3.05, 3.63) is 45.2 Å². The van der Waals surface area contributed by atoms with Crippen LogP contribution in [0.2, 0.25) is 5.02 Å². The Labute approximate surface area is 138 Å². The van der Waals surface area contributed by atoms with E-state index in [-0.39, 0.29) is 0 Å². The molecule has 7 heteroatoms. The number of carbonyl (C=O) groups excluding carboxylic acids is 1. The van der Waals surface area contributed by atoms with Crippen molar-refractivity contribution in [2.24, 2.45) is 5.73 Å². The van der Waals surface area contributed by atoms with Gasteiger partial charge in [-0.15, -0.1) is 0 Å². The molecule has 0 unspecified atom stereocenters. The van der Waals surface area contributed by atoms with Crippen molar-refractivity contribution in [2.75, 3.05) is 31.1 Å². The number of anilines is 1. The Morgan fingerprint density at radius 2 is 2.14 bits per heavy atom. The van der Waals surface area contributed by atoms with Crippen molar-refractivity contribution < 1.29 is 4.79 Å². The fourth-order valence-electron chi connectivity index (χ4n) is 2.56. The number of hydrogen-bond acceptors (Lipinski definition) is 5. The Kier molecular flexibility index (Phi) is 4.61. The maximum Gasteiger partial charge on any atom is 0.250 e. The summed E-state index contributed by atoms with van der Waals surface area (Å²) in [6, 6.07) is 3.75. The summed E-state index contributed by atoms with van der Waals surface area (Å²) in [6.07, 6.45) is 1.49. The summed E-state index contributed by atoms with van der Waals surface area (Å²) < 4.78 is 0. The molecule has 0 spiro atoms. The van der Waals surface area contributed by atoms with E-state index in [0.29, 0.717) is 10.6 Å². The van der Waals surface area contributed by atoms with E-state index in [4.69, 9.17) is 17.3 Å². The maximum absolute atomic E-state index is 11.1. The van der Waals surface area contributed by atoms with Crippen molar-refractivity contribution in [1.29, 1.82) is 0 Å². The molecular formula is C15H17ClN4OS. The number of carbonyl (C=O) groups is 1. The van der Waals surface area contributed by atoms with Crippen LogP contribution in [0.4, 0.5) is 5.82 Å².